The number of aromatic amines is 1. The predicted molar refractivity (Wildman–Crippen MR) is 104 cm³/mol. The molecule has 0 aliphatic carbocycles. The first-order valence-electron chi connectivity index (χ1n) is 9.63. The highest BCUT2D eigenvalue weighted by molar-refractivity contribution is 5.96. The minimum atomic E-state index is -0.130. The van der Waals surface area contributed by atoms with Crippen molar-refractivity contribution < 1.29 is 4.79 Å². The normalized spacial score (nSPS) is 19.2. The zero-order valence-electron chi connectivity index (χ0n) is 15.4. The second kappa shape index (κ2) is 7.03. The molecule has 1 amide bonds. The van der Waals surface area contributed by atoms with E-state index in [9.17, 15) is 4.79 Å². The average molecular weight is 375 g/mol. The SMILES string of the molecule is O=C1NCCc2c1nc(-c1cccnc1)nc2N1CCCC(c2ncc[nH]2)C1. The average Bonchev–Trinajstić information content (AvgIpc) is 3.29. The molecule has 1 atom stereocenters. The minimum Gasteiger partial charge on any atom is -0.356 e. The van der Waals surface area contributed by atoms with Gasteiger partial charge in [-0.3, -0.25) is 9.78 Å². The van der Waals surface area contributed by atoms with Crippen molar-refractivity contribution in [3.8, 4) is 11.4 Å². The molecule has 0 aromatic carbocycles. The molecule has 0 spiro atoms. The summed E-state index contributed by atoms with van der Waals surface area (Å²) in [5.74, 6) is 2.62. The van der Waals surface area contributed by atoms with Crippen LogP contribution in [0.4, 0.5) is 5.82 Å². The van der Waals surface area contributed by atoms with E-state index in [-0.39, 0.29) is 5.91 Å². The summed E-state index contributed by atoms with van der Waals surface area (Å²) in [6.07, 6.45) is 10.00. The van der Waals surface area contributed by atoms with E-state index in [2.05, 4.69) is 30.2 Å². The maximum Gasteiger partial charge on any atom is 0.270 e. The van der Waals surface area contributed by atoms with Gasteiger partial charge in [-0.2, -0.15) is 0 Å². The molecule has 2 aliphatic rings. The zero-order chi connectivity index (χ0) is 18.9. The molecule has 5 rings (SSSR count). The van der Waals surface area contributed by atoms with Gasteiger partial charge in [0.05, 0.1) is 0 Å². The lowest BCUT2D eigenvalue weighted by molar-refractivity contribution is 0.0940. The minimum absolute atomic E-state index is 0.130. The maximum atomic E-state index is 12.5. The van der Waals surface area contributed by atoms with Gasteiger partial charge in [0.25, 0.3) is 5.91 Å². The topological polar surface area (TPSA) is 99.7 Å². The van der Waals surface area contributed by atoms with Crippen LogP contribution in [-0.4, -0.2) is 50.5 Å². The number of aromatic nitrogens is 5. The molecule has 1 saturated heterocycles. The van der Waals surface area contributed by atoms with Crippen molar-refractivity contribution in [2.24, 2.45) is 0 Å². The molecule has 5 heterocycles. The first kappa shape index (κ1) is 16.9. The van der Waals surface area contributed by atoms with Crippen molar-refractivity contribution >= 4 is 11.7 Å². The third-order valence-electron chi connectivity index (χ3n) is 5.41. The molecule has 2 N–H and O–H groups in total. The number of H-pyrrole nitrogens is 1. The molecule has 142 valence electrons. The number of carbonyl (C=O) groups is 1. The molecule has 0 radical (unpaired) electrons. The summed E-state index contributed by atoms with van der Waals surface area (Å²) in [5.41, 5.74) is 2.23. The zero-order valence-corrected chi connectivity index (χ0v) is 15.4. The second-order valence-corrected chi connectivity index (χ2v) is 7.21. The van der Waals surface area contributed by atoms with Gasteiger partial charge in [0.2, 0.25) is 0 Å². The fourth-order valence-electron chi connectivity index (χ4n) is 4.05. The summed E-state index contributed by atoms with van der Waals surface area (Å²) in [6.45, 7) is 2.35. The van der Waals surface area contributed by atoms with Crippen LogP contribution in [0, 0.1) is 0 Å². The van der Waals surface area contributed by atoms with Crippen molar-refractivity contribution in [3.63, 3.8) is 0 Å². The Morgan fingerprint density at radius 3 is 3.00 bits per heavy atom. The van der Waals surface area contributed by atoms with Gasteiger partial charge >= 0.3 is 0 Å². The van der Waals surface area contributed by atoms with E-state index >= 15 is 0 Å². The number of nitrogens with zero attached hydrogens (tertiary/aromatic N) is 5. The summed E-state index contributed by atoms with van der Waals surface area (Å²) in [5, 5.41) is 2.90. The van der Waals surface area contributed by atoms with Crippen molar-refractivity contribution in [2.75, 3.05) is 24.5 Å². The number of nitrogens with one attached hydrogen (secondary N) is 2. The van der Waals surface area contributed by atoms with Crippen LogP contribution in [0.1, 0.15) is 40.6 Å². The number of anilines is 1. The van der Waals surface area contributed by atoms with Gasteiger partial charge in [-0.1, -0.05) is 0 Å². The lowest BCUT2D eigenvalue weighted by atomic mass is 9.96. The van der Waals surface area contributed by atoms with Crippen LogP contribution in [0.25, 0.3) is 11.4 Å². The van der Waals surface area contributed by atoms with Crippen molar-refractivity contribution in [3.05, 3.63) is 54.0 Å². The molecule has 3 aromatic rings. The van der Waals surface area contributed by atoms with Crippen molar-refractivity contribution in [2.45, 2.75) is 25.2 Å². The van der Waals surface area contributed by atoms with Gasteiger partial charge in [-0.15, -0.1) is 0 Å². The van der Waals surface area contributed by atoms with Crippen LogP contribution < -0.4 is 10.2 Å². The first-order valence-corrected chi connectivity index (χ1v) is 9.63. The number of carbonyl (C=O) groups excluding carboxylic acids is 1. The fraction of sp³-hybridized carbons (Fsp3) is 0.350. The largest absolute Gasteiger partial charge is 0.356 e. The molecule has 28 heavy (non-hydrogen) atoms. The second-order valence-electron chi connectivity index (χ2n) is 7.21. The van der Waals surface area contributed by atoms with Gasteiger partial charge in [0.1, 0.15) is 17.3 Å². The molecule has 1 unspecified atom stereocenters. The number of rotatable bonds is 3. The number of pyridine rings is 1. The van der Waals surface area contributed by atoms with E-state index in [1.54, 1.807) is 18.6 Å². The summed E-state index contributed by atoms with van der Waals surface area (Å²) in [4.78, 5) is 36.1. The van der Waals surface area contributed by atoms with Gasteiger partial charge < -0.3 is 15.2 Å². The van der Waals surface area contributed by atoms with E-state index < -0.39 is 0 Å². The fourth-order valence-corrected chi connectivity index (χ4v) is 4.05. The number of fused-ring (bicyclic) bond motifs is 1. The molecule has 3 aromatic heterocycles. The van der Waals surface area contributed by atoms with Crippen LogP contribution in [0.15, 0.2) is 36.9 Å². The molecule has 2 aliphatic heterocycles. The van der Waals surface area contributed by atoms with Crippen molar-refractivity contribution in [1.82, 2.24) is 30.2 Å². The molecule has 8 heteroatoms. The summed E-state index contributed by atoms with van der Waals surface area (Å²) in [6, 6.07) is 3.77. The van der Waals surface area contributed by atoms with Crippen LogP contribution in [0.5, 0.6) is 0 Å². The highest BCUT2D eigenvalue weighted by atomic mass is 16.1. The molecular weight excluding hydrogens is 354 g/mol. The Morgan fingerprint density at radius 1 is 1.21 bits per heavy atom. The quantitative estimate of drug-likeness (QED) is 0.726. The molecule has 0 saturated carbocycles. The van der Waals surface area contributed by atoms with Gasteiger partial charge in [-0.05, 0) is 31.4 Å². The number of piperidine rings is 1. The highest BCUT2D eigenvalue weighted by Crippen LogP contribution is 2.32. The van der Waals surface area contributed by atoms with Gasteiger partial charge in [0.15, 0.2) is 5.82 Å². The van der Waals surface area contributed by atoms with Gasteiger partial charge in [0, 0.05) is 61.5 Å². The van der Waals surface area contributed by atoms with Crippen LogP contribution in [0.2, 0.25) is 0 Å². The molecule has 1 fully saturated rings. The van der Waals surface area contributed by atoms with Crippen LogP contribution in [0.3, 0.4) is 0 Å². The van der Waals surface area contributed by atoms with Crippen LogP contribution >= 0.6 is 0 Å². The first-order chi connectivity index (χ1) is 13.8. The molecule has 0 bridgehead atoms. The Bertz CT molecular complexity index is 987. The Kier molecular flexibility index (Phi) is 4.23. The third kappa shape index (κ3) is 3.00. The maximum absolute atomic E-state index is 12.5. The summed E-state index contributed by atoms with van der Waals surface area (Å²) >= 11 is 0. The third-order valence-corrected chi connectivity index (χ3v) is 5.41. The molecule has 8 nitrogen and oxygen atoms in total. The summed E-state index contributed by atoms with van der Waals surface area (Å²) in [7, 11) is 0. The molecular formula is C20H21N7O. The van der Waals surface area contributed by atoms with Gasteiger partial charge in [-0.25, -0.2) is 15.0 Å². The lowest BCUT2D eigenvalue weighted by Crippen LogP contribution is -2.39. The predicted octanol–water partition coefficient (Wildman–Crippen LogP) is 1.93. The Morgan fingerprint density at radius 2 is 2.18 bits per heavy atom. The Hall–Kier alpha value is -3.29. The number of hydrogen-bond acceptors (Lipinski definition) is 6. The Labute approximate surface area is 162 Å². The summed E-state index contributed by atoms with van der Waals surface area (Å²) < 4.78 is 0. The number of amides is 1. The Balaban J connectivity index is 1.57. The van der Waals surface area contributed by atoms with E-state index in [1.165, 1.54) is 0 Å². The van der Waals surface area contributed by atoms with Crippen molar-refractivity contribution in [1.29, 1.82) is 0 Å². The smallest absolute Gasteiger partial charge is 0.270 e. The number of imidazole rings is 1. The monoisotopic (exact) mass is 375 g/mol. The van der Waals surface area contributed by atoms with E-state index in [4.69, 9.17) is 4.98 Å². The lowest BCUT2D eigenvalue weighted by Gasteiger charge is -2.35. The standard InChI is InChI=1S/C20H21N7O/c28-20-16-15(5-7-24-20)19(26-18(25-16)13-3-1-6-21-11-13)27-10-2-4-14(12-27)17-22-8-9-23-17/h1,3,6,8-9,11,14H,2,4-5,7,10,12H2,(H,22,23)(H,24,28). The van der Waals surface area contributed by atoms with E-state index in [0.717, 1.165) is 55.1 Å². The number of hydrogen-bond donors (Lipinski definition) is 2. The van der Waals surface area contributed by atoms with E-state index in [0.29, 0.717) is 24.0 Å². The van der Waals surface area contributed by atoms with Crippen LogP contribution in [-0.2, 0) is 6.42 Å². The van der Waals surface area contributed by atoms with E-state index in [1.807, 2.05) is 18.3 Å². The highest BCUT2D eigenvalue weighted by Gasteiger charge is 2.30.